The fraction of sp³-hybridized carbons (Fsp3) is 0.600. The van der Waals surface area contributed by atoms with E-state index in [1.807, 2.05) is 0 Å². The van der Waals surface area contributed by atoms with Crippen LogP contribution in [-0.2, 0) is 0 Å². The molecule has 1 rings (SSSR count). The predicted molar refractivity (Wildman–Crippen MR) is 72.2 cm³/mol. The normalized spacial score (nSPS) is 14.9. The summed E-state index contributed by atoms with van der Waals surface area (Å²) in [6.07, 6.45) is 1.17. The number of aryl methyl sites for hydroxylation is 3. The van der Waals surface area contributed by atoms with Crippen LogP contribution in [0.25, 0.3) is 0 Å². The van der Waals surface area contributed by atoms with E-state index >= 15 is 0 Å². The molecule has 90 valence electrons. The van der Waals surface area contributed by atoms with Crippen LogP contribution in [0.5, 0.6) is 0 Å². The van der Waals surface area contributed by atoms with Crippen molar-refractivity contribution in [3.8, 4) is 0 Å². The molecule has 0 aliphatic carbocycles. The molecule has 0 bridgehead atoms. The molecule has 0 aromatic heterocycles. The number of rotatable bonds is 4. The first-order valence-corrected chi connectivity index (χ1v) is 6.26. The summed E-state index contributed by atoms with van der Waals surface area (Å²) >= 11 is 0. The lowest BCUT2D eigenvalue weighted by atomic mass is 9.85. The molecule has 0 saturated heterocycles. The van der Waals surface area contributed by atoms with Crippen molar-refractivity contribution < 1.29 is 0 Å². The third-order valence-corrected chi connectivity index (χ3v) is 3.61. The van der Waals surface area contributed by atoms with E-state index in [-0.39, 0.29) is 0 Å². The summed E-state index contributed by atoms with van der Waals surface area (Å²) < 4.78 is 0. The lowest BCUT2D eigenvalue weighted by Gasteiger charge is -2.26. The molecule has 16 heavy (non-hydrogen) atoms. The Morgan fingerprint density at radius 3 is 2.00 bits per heavy atom. The highest BCUT2D eigenvalue weighted by atomic mass is 14.9. The van der Waals surface area contributed by atoms with Gasteiger partial charge in [-0.25, -0.2) is 0 Å². The third-order valence-electron chi connectivity index (χ3n) is 3.61. The van der Waals surface area contributed by atoms with E-state index in [2.05, 4.69) is 59.1 Å². The second-order valence-electron chi connectivity index (χ2n) is 4.90. The molecule has 0 aliphatic rings. The molecule has 1 N–H and O–H groups in total. The smallest absolute Gasteiger partial charge is 0.0128 e. The largest absolute Gasteiger partial charge is 0.316 e. The van der Waals surface area contributed by atoms with Crippen LogP contribution in [0.1, 0.15) is 48.4 Å². The van der Waals surface area contributed by atoms with Gasteiger partial charge in [-0.1, -0.05) is 31.5 Å². The molecule has 0 heterocycles. The van der Waals surface area contributed by atoms with Gasteiger partial charge in [-0.15, -0.1) is 0 Å². The van der Waals surface area contributed by atoms with Crippen molar-refractivity contribution in [3.05, 3.63) is 34.4 Å². The molecule has 1 nitrogen and oxygen atoms in total. The molecule has 0 fully saturated rings. The Kier molecular flexibility index (Phi) is 4.55. The van der Waals surface area contributed by atoms with Gasteiger partial charge in [0.15, 0.2) is 0 Å². The maximum absolute atomic E-state index is 3.42. The summed E-state index contributed by atoms with van der Waals surface area (Å²) in [7, 11) is 2.06. The summed E-state index contributed by atoms with van der Waals surface area (Å²) in [6, 6.07) is 5.16. The first-order chi connectivity index (χ1) is 7.51. The number of hydrogen-bond donors (Lipinski definition) is 1. The van der Waals surface area contributed by atoms with Crippen molar-refractivity contribution in [2.45, 2.75) is 53.0 Å². The van der Waals surface area contributed by atoms with Crippen molar-refractivity contribution in [2.75, 3.05) is 7.05 Å². The minimum Gasteiger partial charge on any atom is -0.316 e. The van der Waals surface area contributed by atoms with Gasteiger partial charge in [-0.2, -0.15) is 0 Å². The third kappa shape index (κ3) is 2.65. The highest BCUT2D eigenvalue weighted by molar-refractivity contribution is 5.40. The predicted octanol–water partition coefficient (Wildman–Crippen LogP) is 3.71. The first kappa shape index (κ1) is 13.2. The fourth-order valence-corrected chi connectivity index (χ4v) is 2.92. The zero-order valence-electron chi connectivity index (χ0n) is 11.5. The van der Waals surface area contributed by atoms with Gasteiger partial charge in [0.25, 0.3) is 0 Å². The Hall–Kier alpha value is -0.820. The highest BCUT2D eigenvalue weighted by Gasteiger charge is 2.19. The summed E-state index contributed by atoms with van der Waals surface area (Å²) in [5, 5.41) is 3.42. The monoisotopic (exact) mass is 219 g/mol. The Morgan fingerprint density at radius 2 is 1.62 bits per heavy atom. The maximum atomic E-state index is 3.42. The molecule has 1 aromatic carbocycles. The molecule has 1 aromatic rings. The van der Waals surface area contributed by atoms with Crippen molar-refractivity contribution in [2.24, 2.45) is 0 Å². The van der Waals surface area contributed by atoms with E-state index in [9.17, 15) is 0 Å². The molecule has 0 spiro atoms. The summed E-state index contributed by atoms with van der Waals surface area (Å²) in [5.41, 5.74) is 5.74. The van der Waals surface area contributed by atoms with Gasteiger partial charge in [0.2, 0.25) is 0 Å². The van der Waals surface area contributed by atoms with Gasteiger partial charge in [-0.05, 0) is 56.8 Å². The minimum absolute atomic E-state index is 0.570. The van der Waals surface area contributed by atoms with Crippen LogP contribution >= 0.6 is 0 Å². The SMILES string of the molecule is CCC(NC)C(C)c1c(C)cc(C)cc1C. The molecule has 1 heteroatoms. The Morgan fingerprint density at radius 1 is 1.12 bits per heavy atom. The average molecular weight is 219 g/mol. The van der Waals surface area contributed by atoms with E-state index in [4.69, 9.17) is 0 Å². The van der Waals surface area contributed by atoms with Crippen LogP contribution in [0.15, 0.2) is 12.1 Å². The second kappa shape index (κ2) is 5.49. The molecule has 0 radical (unpaired) electrons. The quantitative estimate of drug-likeness (QED) is 0.814. The Labute approximate surface area is 100 Å². The van der Waals surface area contributed by atoms with E-state index in [1.165, 1.54) is 28.7 Å². The molecule has 0 saturated carbocycles. The van der Waals surface area contributed by atoms with Crippen LogP contribution < -0.4 is 5.32 Å². The first-order valence-electron chi connectivity index (χ1n) is 6.26. The molecular weight excluding hydrogens is 194 g/mol. The lowest BCUT2D eigenvalue weighted by molar-refractivity contribution is 0.470. The van der Waals surface area contributed by atoms with Crippen LogP contribution in [0.4, 0.5) is 0 Å². The van der Waals surface area contributed by atoms with Crippen molar-refractivity contribution >= 4 is 0 Å². The summed E-state index contributed by atoms with van der Waals surface area (Å²) in [5.74, 6) is 0.579. The molecule has 2 atom stereocenters. The van der Waals surface area contributed by atoms with E-state index in [0.29, 0.717) is 12.0 Å². The van der Waals surface area contributed by atoms with Crippen LogP contribution in [0.3, 0.4) is 0 Å². The number of benzene rings is 1. The Balaban J connectivity index is 3.12. The molecule has 0 aliphatic heterocycles. The number of nitrogens with one attached hydrogen (secondary N) is 1. The minimum atomic E-state index is 0.570. The van der Waals surface area contributed by atoms with Gasteiger partial charge in [-0.3, -0.25) is 0 Å². The van der Waals surface area contributed by atoms with Gasteiger partial charge >= 0.3 is 0 Å². The van der Waals surface area contributed by atoms with Crippen molar-refractivity contribution in [1.82, 2.24) is 5.32 Å². The van der Waals surface area contributed by atoms with Crippen LogP contribution in [0.2, 0.25) is 0 Å². The van der Waals surface area contributed by atoms with Crippen LogP contribution in [-0.4, -0.2) is 13.1 Å². The van der Waals surface area contributed by atoms with Crippen LogP contribution in [0, 0.1) is 20.8 Å². The fourth-order valence-electron chi connectivity index (χ4n) is 2.92. The molecule has 2 unspecified atom stereocenters. The van der Waals surface area contributed by atoms with E-state index < -0.39 is 0 Å². The van der Waals surface area contributed by atoms with Gasteiger partial charge < -0.3 is 5.32 Å². The molecular formula is C15H25N. The highest BCUT2D eigenvalue weighted by Crippen LogP contribution is 2.28. The van der Waals surface area contributed by atoms with Gasteiger partial charge in [0.1, 0.15) is 0 Å². The standard InChI is InChI=1S/C15H25N/c1-7-14(16-6)13(5)15-11(3)8-10(2)9-12(15)4/h8-9,13-14,16H,7H2,1-6H3. The lowest BCUT2D eigenvalue weighted by Crippen LogP contribution is -2.30. The maximum Gasteiger partial charge on any atom is 0.0128 e. The zero-order valence-corrected chi connectivity index (χ0v) is 11.5. The van der Waals surface area contributed by atoms with Crippen molar-refractivity contribution in [3.63, 3.8) is 0 Å². The molecule has 0 amide bonds. The number of hydrogen-bond acceptors (Lipinski definition) is 1. The summed E-state index contributed by atoms with van der Waals surface area (Å²) in [6.45, 7) is 11.2. The number of likely N-dealkylation sites (N-methyl/N-ethyl adjacent to an activating group) is 1. The van der Waals surface area contributed by atoms with E-state index in [1.54, 1.807) is 0 Å². The summed E-state index contributed by atoms with van der Waals surface area (Å²) in [4.78, 5) is 0. The van der Waals surface area contributed by atoms with Crippen molar-refractivity contribution in [1.29, 1.82) is 0 Å². The van der Waals surface area contributed by atoms with Gasteiger partial charge in [0, 0.05) is 6.04 Å². The van der Waals surface area contributed by atoms with E-state index in [0.717, 1.165) is 0 Å². The zero-order chi connectivity index (χ0) is 12.3. The average Bonchev–Trinajstić information content (AvgIpc) is 2.17. The Bertz CT molecular complexity index is 327. The second-order valence-corrected chi connectivity index (χ2v) is 4.90. The topological polar surface area (TPSA) is 12.0 Å². The van der Waals surface area contributed by atoms with Gasteiger partial charge in [0.05, 0.1) is 0 Å².